The van der Waals surface area contributed by atoms with E-state index in [1.165, 1.54) is 0 Å². The SMILES string of the molecule is COCCOc1ccc(C(=O)N2C[C@@H](N(C)C)[C@@H](C)C2)cn1. The molecule has 1 aliphatic rings. The second kappa shape index (κ2) is 7.56. The molecule has 0 radical (unpaired) electrons. The van der Waals surface area contributed by atoms with Crippen LogP contribution in [0.25, 0.3) is 0 Å². The van der Waals surface area contributed by atoms with Gasteiger partial charge in [-0.05, 0) is 26.1 Å². The van der Waals surface area contributed by atoms with Crippen molar-refractivity contribution in [3.05, 3.63) is 23.9 Å². The van der Waals surface area contributed by atoms with E-state index in [0.717, 1.165) is 13.1 Å². The number of rotatable bonds is 6. The summed E-state index contributed by atoms with van der Waals surface area (Å²) in [5, 5.41) is 0. The highest BCUT2D eigenvalue weighted by Gasteiger charge is 2.33. The van der Waals surface area contributed by atoms with Crippen LogP contribution in [0.4, 0.5) is 0 Å². The molecule has 0 spiro atoms. The largest absolute Gasteiger partial charge is 0.475 e. The van der Waals surface area contributed by atoms with Gasteiger partial charge in [0.05, 0.1) is 12.2 Å². The van der Waals surface area contributed by atoms with Crippen LogP contribution in [0.5, 0.6) is 5.88 Å². The molecular formula is C16H25N3O3. The van der Waals surface area contributed by atoms with E-state index in [1.54, 1.807) is 25.4 Å². The Bertz CT molecular complexity index is 490. The number of ether oxygens (including phenoxy) is 2. The lowest BCUT2D eigenvalue weighted by molar-refractivity contribution is 0.0781. The second-order valence-electron chi connectivity index (χ2n) is 5.94. The minimum atomic E-state index is 0.0344. The van der Waals surface area contributed by atoms with Crippen LogP contribution >= 0.6 is 0 Å². The average Bonchev–Trinajstić information content (AvgIpc) is 2.90. The van der Waals surface area contributed by atoms with E-state index in [-0.39, 0.29) is 5.91 Å². The predicted octanol–water partition coefficient (Wildman–Crippen LogP) is 1.13. The molecule has 0 unspecified atom stereocenters. The molecule has 2 rings (SSSR count). The maximum atomic E-state index is 12.5. The van der Waals surface area contributed by atoms with Crippen molar-refractivity contribution >= 4 is 5.91 Å². The van der Waals surface area contributed by atoms with Crippen molar-refractivity contribution in [2.24, 2.45) is 5.92 Å². The molecular weight excluding hydrogens is 282 g/mol. The van der Waals surface area contributed by atoms with Crippen LogP contribution in [0, 0.1) is 5.92 Å². The number of aromatic nitrogens is 1. The Hall–Kier alpha value is -1.66. The monoisotopic (exact) mass is 307 g/mol. The van der Waals surface area contributed by atoms with Crippen molar-refractivity contribution in [3.63, 3.8) is 0 Å². The van der Waals surface area contributed by atoms with E-state index < -0.39 is 0 Å². The summed E-state index contributed by atoms with van der Waals surface area (Å²) >= 11 is 0. The molecule has 1 amide bonds. The highest BCUT2D eigenvalue weighted by Crippen LogP contribution is 2.22. The lowest BCUT2D eigenvalue weighted by Crippen LogP contribution is -2.35. The molecule has 1 aromatic rings. The first-order valence-electron chi connectivity index (χ1n) is 7.56. The number of hydrogen-bond acceptors (Lipinski definition) is 5. The summed E-state index contributed by atoms with van der Waals surface area (Å²) < 4.78 is 10.3. The van der Waals surface area contributed by atoms with Crippen LogP contribution in [0.15, 0.2) is 18.3 Å². The molecule has 1 aliphatic heterocycles. The average molecular weight is 307 g/mol. The minimum absolute atomic E-state index is 0.0344. The Labute approximate surface area is 132 Å². The van der Waals surface area contributed by atoms with Crippen LogP contribution in [0.1, 0.15) is 17.3 Å². The number of likely N-dealkylation sites (tertiary alicyclic amines) is 1. The predicted molar refractivity (Wildman–Crippen MR) is 84.2 cm³/mol. The molecule has 2 atom stereocenters. The number of carbonyl (C=O) groups is 1. The minimum Gasteiger partial charge on any atom is -0.475 e. The summed E-state index contributed by atoms with van der Waals surface area (Å²) in [5.41, 5.74) is 0.602. The Morgan fingerprint density at radius 1 is 1.36 bits per heavy atom. The van der Waals surface area contributed by atoms with Crippen molar-refractivity contribution in [2.45, 2.75) is 13.0 Å². The van der Waals surface area contributed by atoms with Crippen LogP contribution < -0.4 is 4.74 Å². The molecule has 2 heterocycles. The zero-order valence-electron chi connectivity index (χ0n) is 13.8. The first kappa shape index (κ1) is 16.7. The summed E-state index contributed by atoms with van der Waals surface area (Å²) in [5.74, 6) is 1.02. The Morgan fingerprint density at radius 3 is 2.68 bits per heavy atom. The van der Waals surface area contributed by atoms with Gasteiger partial charge in [-0.25, -0.2) is 4.98 Å². The number of carbonyl (C=O) groups excluding carboxylic acids is 1. The van der Waals surface area contributed by atoms with Gasteiger partial charge in [0.1, 0.15) is 6.61 Å². The van der Waals surface area contributed by atoms with Crippen molar-refractivity contribution in [2.75, 3.05) is 47.5 Å². The molecule has 6 heteroatoms. The van der Waals surface area contributed by atoms with Crippen LogP contribution in [-0.4, -0.2) is 74.2 Å². The van der Waals surface area contributed by atoms with Gasteiger partial charge in [0, 0.05) is 38.5 Å². The van der Waals surface area contributed by atoms with Gasteiger partial charge in [-0.1, -0.05) is 6.92 Å². The molecule has 0 N–H and O–H groups in total. The highest BCUT2D eigenvalue weighted by molar-refractivity contribution is 5.94. The fraction of sp³-hybridized carbons (Fsp3) is 0.625. The fourth-order valence-corrected chi connectivity index (χ4v) is 2.79. The molecule has 0 bridgehead atoms. The Kier molecular flexibility index (Phi) is 5.74. The Morgan fingerprint density at radius 2 is 2.14 bits per heavy atom. The first-order chi connectivity index (χ1) is 10.5. The van der Waals surface area contributed by atoms with Gasteiger partial charge in [0.25, 0.3) is 5.91 Å². The van der Waals surface area contributed by atoms with Gasteiger partial charge in [-0.15, -0.1) is 0 Å². The van der Waals surface area contributed by atoms with Gasteiger partial charge in [0.15, 0.2) is 0 Å². The van der Waals surface area contributed by atoms with Gasteiger partial charge in [0.2, 0.25) is 5.88 Å². The van der Waals surface area contributed by atoms with Gasteiger partial charge in [-0.2, -0.15) is 0 Å². The molecule has 122 valence electrons. The number of pyridine rings is 1. The zero-order chi connectivity index (χ0) is 16.1. The van der Waals surface area contributed by atoms with E-state index in [4.69, 9.17) is 9.47 Å². The highest BCUT2D eigenvalue weighted by atomic mass is 16.5. The number of hydrogen-bond donors (Lipinski definition) is 0. The third kappa shape index (κ3) is 3.96. The molecule has 1 aromatic heterocycles. The van der Waals surface area contributed by atoms with E-state index in [9.17, 15) is 4.79 Å². The smallest absolute Gasteiger partial charge is 0.255 e. The summed E-state index contributed by atoms with van der Waals surface area (Å²) in [6.07, 6.45) is 1.58. The van der Waals surface area contributed by atoms with E-state index in [1.807, 2.05) is 4.90 Å². The molecule has 6 nitrogen and oxygen atoms in total. The van der Waals surface area contributed by atoms with E-state index in [0.29, 0.717) is 36.6 Å². The zero-order valence-corrected chi connectivity index (χ0v) is 13.8. The summed E-state index contributed by atoms with van der Waals surface area (Å²) in [7, 11) is 5.74. The van der Waals surface area contributed by atoms with E-state index in [2.05, 4.69) is 30.9 Å². The van der Waals surface area contributed by atoms with Gasteiger partial charge < -0.3 is 19.3 Å². The van der Waals surface area contributed by atoms with Crippen LogP contribution in [-0.2, 0) is 4.74 Å². The number of likely N-dealkylation sites (N-methyl/N-ethyl adjacent to an activating group) is 1. The van der Waals surface area contributed by atoms with Gasteiger partial charge >= 0.3 is 0 Å². The molecule has 0 aromatic carbocycles. The molecule has 0 aliphatic carbocycles. The first-order valence-corrected chi connectivity index (χ1v) is 7.56. The standard InChI is InChI=1S/C16H25N3O3/c1-12-10-19(11-14(12)18(2)3)16(20)13-5-6-15(17-9-13)22-8-7-21-4/h5-6,9,12,14H,7-8,10-11H2,1-4H3/t12-,14+/m0/s1. The summed E-state index contributed by atoms with van der Waals surface area (Å²) in [4.78, 5) is 20.8. The third-order valence-electron chi connectivity index (χ3n) is 4.04. The van der Waals surface area contributed by atoms with Crippen molar-refractivity contribution < 1.29 is 14.3 Å². The van der Waals surface area contributed by atoms with Crippen LogP contribution in [0.2, 0.25) is 0 Å². The molecule has 22 heavy (non-hydrogen) atoms. The number of amides is 1. The van der Waals surface area contributed by atoms with E-state index >= 15 is 0 Å². The maximum absolute atomic E-state index is 12.5. The molecule has 1 saturated heterocycles. The second-order valence-corrected chi connectivity index (χ2v) is 5.94. The van der Waals surface area contributed by atoms with Crippen molar-refractivity contribution in [3.8, 4) is 5.88 Å². The lowest BCUT2D eigenvalue weighted by Gasteiger charge is -2.22. The van der Waals surface area contributed by atoms with Gasteiger partial charge in [-0.3, -0.25) is 4.79 Å². The van der Waals surface area contributed by atoms with Crippen molar-refractivity contribution in [1.82, 2.24) is 14.8 Å². The van der Waals surface area contributed by atoms with Crippen LogP contribution in [0.3, 0.4) is 0 Å². The molecule has 0 saturated carbocycles. The normalized spacial score (nSPS) is 21.4. The lowest BCUT2D eigenvalue weighted by atomic mass is 10.1. The fourth-order valence-electron chi connectivity index (χ4n) is 2.79. The number of methoxy groups -OCH3 is 1. The van der Waals surface area contributed by atoms with Crippen molar-refractivity contribution in [1.29, 1.82) is 0 Å². The maximum Gasteiger partial charge on any atom is 0.255 e. The third-order valence-corrected chi connectivity index (χ3v) is 4.04. The topological polar surface area (TPSA) is 54.9 Å². The summed E-state index contributed by atoms with van der Waals surface area (Å²) in [6.45, 7) is 4.70. The Balaban J connectivity index is 1.95. The summed E-state index contributed by atoms with van der Waals surface area (Å²) in [6, 6.07) is 3.91. The number of nitrogens with zero attached hydrogens (tertiary/aromatic N) is 3. The quantitative estimate of drug-likeness (QED) is 0.738. The molecule has 1 fully saturated rings.